The Balaban J connectivity index is 2.09. The second-order valence-corrected chi connectivity index (χ2v) is 5.82. The van der Waals surface area contributed by atoms with Crippen LogP contribution in [0, 0.1) is 0 Å². The molecule has 4 heteroatoms. The third-order valence-corrected chi connectivity index (χ3v) is 4.66. The number of rotatable bonds is 4. The van der Waals surface area contributed by atoms with Gasteiger partial charge in [0.25, 0.3) is 0 Å². The van der Waals surface area contributed by atoms with Gasteiger partial charge in [0.1, 0.15) is 0 Å². The maximum Gasteiger partial charge on any atom is 0.303 e. The Morgan fingerprint density at radius 1 is 1.10 bits per heavy atom. The number of carbonyl (C=O) groups is 1. The summed E-state index contributed by atoms with van der Waals surface area (Å²) in [6.07, 6.45) is -0.520. The molecule has 0 bridgehead atoms. The van der Waals surface area contributed by atoms with Crippen molar-refractivity contribution < 1.29 is 15.0 Å². The third kappa shape index (κ3) is 2.28. The first-order chi connectivity index (χ1) is 9.66. The molecule has 3 rings (SSSR count). The molecule has 2 aromatic carbocycles. The molecule has 0 aliphatic heterocycles. The van der Waals surface area contributed by atoms with Crippen LogP contribution in [0.4, 0.5) is 0 Å². The Bertz CT molecular complexity index is 776. The van der Waals surface area contributed by atoms with E-state index in [2.05, 4.69) is 12.1 Å². The Morgan fingerprint density at radius 2 is 1.85 bits per heavy atom. The van der Waals surface area contributed by atoms with E-state index in [9.17, 15) is 9.90 Å². The quantitative estimate of drug-likeness (QED) is 0.763. The monoisotopic (exact) mass is 286 g/mol. The summed E-state index contributed by atoms with van der Waals surface area (Å²) in [6.45, 7) is 0. The fraction of sp³-hybridized carbons (Fsp3) is 0.188. The number of carboxylic acids is 1. The maximum atomic E-state index is 10.6. The SMILES string of the molecule is O=C(O)CCC(O)c1cccc2c1sc1ccccc12. The zero-order chi connectivity index (χ0) is 14.1. The number of hydrogen-bond donors (Lipinski definition) is 2. The Kier molecular flexibility index (Phi) is 3.42. The van der Waals surface area contributed by atoms with Crippen LogP contribution in [0.1, 0.15) is 24.5 Å². The number of fused-ring (bicyclic) bond motifs is 3. The maximum absolute atomic E-state index is 10.6. The summed E-state index contributed by atoms with van der Waals surface area (Å²) in [5.74, 6) is -0.882. The zero-order valence-electron chi connectivity index (χ0n) is 10.7. The predicted molar refractivity (Wildman–Crippen MR) is 81.2 cm³/mol. The van der Waals surface area contributed by atoms with Crippen molar-refractivity contribution in [2.24, 2.45) is 0 Å². The molecule has 0 radical (unpaired) electrons. The molecule has 0 amide bonds. The summed E-state index contributed by atoms with van der Waals surface area (Å²) in [5, 5.41) is 21.3. The van der Waals surface area contributed by atoms with Gasteiger partial charge < -0.3 is 10.2 Å². The minimum Gasteiger partial charge on any atom is -0.481 e. The summed E-state index contributed by atoms with van der Waals surface area (Å²) < 4.78 is 2.23. The molecule has 0 saturated heterocycles. The van der Waals surface area contributed by atoms with Crippen LogP contribution in [-0.4, -0.2) is 16.2 Å². The van der Waals surface area contributed by atoms with E-state index >= 15 is 0 Å². The lowest BCUT2D eigenvalue weighted by molar-refractivity contribution is -0.137. The molecule has 1 heterocycles. The number of benzene rings is 2. The van der Waals surface area contributed by atoms with Crippen LogP contribution < -0.4 is 0 Å². The van der Waals surface area contributed by atoms with Gasteiger partial charge in [-0.05, 0) is 18.1 Å². The van der Waals surface area contributed by atoms with Crippen LogP contribution in [-0.2, 0) is 4.79 Å². The predicted octanol–water partition coefficient (Wildman–Crippen LogP) is 3.95. The summed E-state index contributed by atoms with van der Waals surface area (Å²) in [4.78, 5) is 10.6. The number of aliphatic hydroxyl groups excluding tert-OH is 1. The van der Waals surface area contributed by atoms with Gasteiger partial charge in [0.2, 0.25) is 0 Å². The van der Waals surface area contributed by atoms with Gasteiger partial charge in [0, 0.05) is 26.6 Å². The van der Waals surface area contributed by atoms with Crippen LogP contribution >= 0.6 is 11.3 Å². The smallest absolute Gasteiger partial charge is 0.303 e. The number of aliphatic carboxylic acids is 1. The summed E-state index contributed by atoms with van der Waals surface area (Å²) in [7, 11) is 0. The first-order valence-electron chi connectivity index (χ1n) is 6.47. The highest BCUT2D eigenvalue weighted by Gasteiger charge is 2.15. The van der Waals surface area contributed by atoms with E-state index in [0.717, 1.165) is 15.6 Å². The standard InChI is InChI=1S/C16H14O3S/c17-13(8-9-15(18)19)12-6-3-5-11-10-4-1-2-7-14(10)20-16(11)12/h1-7,13,17H,8-9H2,(H,18,19). The van der Waals surface area contributed by atoms with Crippen LogP contribution in [0.25, 0.3) is 20.2 Å². The number of hydrogen-bond acceptors (Lipinski definition) is 3. The second-order valence-electron chi connectivity index (χ2n) is 4.77. The average Bonchev–Trinajstić information content (AvgIpc) is 2.83. The van der Waals surface area contributed by atoms with E-state index < -0.39 is 12.1 Å². The number of aliphatic hydroxyl groups is 1. The minimum atomic E-state index is -0.882. The van der Waals surface area contributed by atoms with Crippen molar-refractivity contribution >= 4 is 37.5 Å². The fourth-order valence-corrected chi connectivity index (χ4v) is 3.71. The van der Waals surface area contributed by atoms with Gasteiger partial charge >= 0.3 is 5.97 Å². The van der Waals surface area contributed by atoms with Gasteiger partial charge in [-0.1, -0.05) is 36.4 Å². The van der Waals surface area contributed by atoms with Crippen molar-refractivity contribution in [3.63, 3.8) is 0 Å². The van der Waals surface area contributed by atoms with Gasteiger partial charge in [-0.3, -0.25) is 4.79 Å². The van der Waals surface area contributed by atoms with Gasteiger partial charge in [-0.25, -0.2) is 0 Å². The summed E-state index contributed by atoms with van der Waals surface area (Å²) in [6, 6.07) is 14.0. The van der Waals surface area contributed by atoms with Gasteiger partial charge in [-0.15, -0.1) is 11.3 Å². The van der Waals surface area contributed by atoms with Gasteiger partial charge in [0.05, 0.1) is 6.10 Å². The van der Waals surface area contributed by atoms with E-state index in [1.807, 2.05) is 30.3 Å². The van der Waals surface area contributed by atoms with Gasteiger partial charge in [-0.2, -0.15) is 0 Å². The Morgan fingerprint density at radius 3 is 2.65 bits per heavy atom. The minimum absolute atomic E-state index is 0.0253. The van der Waals surface area contributed by atoms with Crippen molar-refractivity contribution in [2.75, 3.05) is 0 Å². The molecule has 1 atom stereocenters. The largest absolute Gasteiger partial charge is 0.481 e. The topological polar surface area (TPSA) is 57.5 Å². The molecule has 0 saturated carbocycles. The Labute approximate surface area is 120 Å². The molecule has 2 N–H and O–H groups in total. The number of thiophene rings is 1. The van der Waals surface area contributed by atoms with Crippen molar-refractivity contribution in [3.05, 3.63) is 48.0 Å². The zero-order valence-corrected chi connectivity index (χ0v) is 11.6. The molecule has 0 spiro atoms. The van der Waals surface area contributed by atoms with E-state index in [-0.39, 0.29) is 12.8 Å². The van der Waals surface area contributed by atoms with E-state index in [4.69, 9.17) is 5.11 Å². The summed E-state index contributed by atoms with van der Waals surface area (Å²) >= 11 is 1.64. The van der Waals surface area contributed by atoms with Crippen molar-refractivity contribution in [1.82, 2.24) is 0 Å². The van der Waals surface area contributed by atoms with E-state index in [1.165, 1.54) is 10.1 Å². The first-order valence-corrected chi connectivity index (χ1v) is 7.28. The first kappa shape index (κ1) is 13.1. The van der Waals surface area contributed by atoms with Crippen LogP contribution in [0.5, 0.6) is 0 Å². The lowest BCUT2D eigenvalue weighted by Gasteiger charge is -2.10. The fourth-order valence-electron chi connectivity index (χ4n) is 2.45. The molecule has 0 aliphatic carbocycles. The molecule has 1 aromatic heterocycles. The van der Waals surface area contributed by atoms with Crippen LogP contribution in [0.3, 0.4) is 0 Å². The number of carboxylic acid groups (broad SMARTS) is 1. The lowest BCUT2D eigenvalue weighted by atomic mass is 10.0. The molecule has 0 aliphatic rings. The van der Waals surface area contributed by atoms with E-state index in [1.54, 1.807) is 11.3 Å². The molecule has 0 fully saturated rings. The van der Waals surface area contributed by atoms with Crippen molar-refractivity contribution in [3.8, 4) is 0 Å². The highest BCUT2D eigenvalue weighted by molar-refractivity contribution is 7.26. The van der Waals surface area contributed by atoms with Crippen LogP contribution in [0.15, 0.2) is 42.5 Å². The normalized spacial score (nSPS) is 12.8. The Hall–Kier alpha value is -1.91. The van der Waals surface area contributed by atoms with Crippen molar-refractivity contribution in [1.29, 1.82) is 0 Å². The van der Waals surface area contributed by atoms with E-state index in [0.29, 0.717) is 0 Å². The highest BCUT2D eigenvalue weighted by Crippen LogP contribution is 2.38. The molecular weight excluding hydrogens is 272 g/mol. The molecule has 3 aromatic rings. The molecule has 1 unspecified atom stereocenters. The second kappa shape index (κ2) is 5.23. The van der Waals surface area contributed by atoms with Crippen LogP contribution in [0.2, 0.25) is 0 Å². The summed E-state index contributed by atoms with van der Waals surface area (Å²) in [5.41, 5.74) is 0.824. The van der Waals surface area contributed by atoms with Crippen molar-refractivity contribution in [2.45, 2.75) is 18.9 Å². The highest BCUT2D eigenvalue weighted by atomic mass is 32.1. The average molecular weight is 286 g/mol. The molecule has 20 heavy (non-hydrogen) atoms. The molecular formula is C16H14O3S. The molecule has 102 valence electrons. The van der Waals surface area contributed by atoms with Gasteiger partial charge in [0.15, 0.2) is 0 Å². The third-order valence-electron chi connectivity index (χ3n) is 3.43. The molecule has 3 nitrogen and oxygen atoms in total. The lowest BCUT2D eigenvalue weighted by Crippen LogP contribution is -2.02.